The Balaban J connectivity index is 1.50. The van der Waals surface area contributed by atoms with Crippen LogP contribution in [0.1, 0.15) is 16.8 Å². The average Bonchev–Trinajstić information content (AvgIpc) is 3.13. The van der Waals surface area contributed by atoms with E-state index in [-0.39, 0.29) is 43.8 Å². The van der Waals surface area contributed by atoms with Crippen molar-refractivity contribution in [2.75, 3.05) is 31.6 Å². The van der Waals surface area contributed by atoms with E-state index in [4.69, 9.17) is 16.3 Å². The number of carbonyl (C=O) groups is 3. The van der Waals surface area contributed by atoms with Crippen molar-refractivity contribution >= 4 is 35.0 Å². The molecule has 2 aromatic rings. The Morgan fingerprint density at radius 2 is 2.07 bits per heavy atom. The molecule has 2 N–H and O–H groups in total. The van der Waals surface area contributed by atoms with Crippen LogP contribution in [-0.2, 0) is 9.59 Å². The molecule has 1 aromatic heterocycles. The molecule has 29 heavy (non-hydrogen) atoms. The monoisotopic (exact) mass is 416 g/mol. The number of hydrogen-bond acceptors (Lipinski definition) is 5. The molecular weight excluding hydrogens is 396 g/mol. The number of benzene rings is 1. The predicted molar refractivity (Wildman–Crippen MR) is 108 cm³/mol. The standard InChI is InChI=1S/C20H21ClN4O4/c1-29-17-5-4-15(21)10-16(17)25-12-14(9-18(25)26)20(28)24-8-7-23-19(27)13-3-2-6-22-11-13/h2-6,10-11,14H,7-9,12H2,1H3,(H,23,27)(H,24,28). The van der Waals surface area contributed by atoms with Gasteiger partial charge in [-0.3, -0.25) is 19.4 Å². The van der Waals surface area contributed by atoms with Crippen molar-refractivity contribution in [3.63, 3.8) is 0 Å². The summed E-state index contributed by atoms with van der Waals surface area (Å²) in [7, 11) is 1.51. The zero-order chi connectivity index (χ0) is 20.8. The van der Waals surface area contributed by atoms with Crippen LogP contribution in [0.5, 0.6) is 5.75 Å². The molecule has 152 valence electrons. The van der Waals surface area contributed by atoms with Gasteiger partial charge < -0.3 is 20.3 Å². The van der Waals surface area contributed by atoms with Crippen molar-refractivity contribution in [3.05, 3.63) is 53.3 Å². The first-order valence-corrected chi connectivity index (χ1v) is 9.47. The molecule has 1 atom stereocenters. The number of methoxy groups -OCH3 is 1. The molecule has 1 fully saturated rings. The fraction of sp³-hybridized carbons (Fsp3) is 0.300. The number of ether oxygens (including phenoxy) is 1. The molecule has 1 unspecified atom stereocenters. The van der Waals surface area contributed by atoms with Gasteiger partial charge in [-0.25, -0.2) is 0 Å². The molecule has 0 spiro atoms. The van der Waals surface area contributed by atoms with Crippen molar-refractivity contribution in [3.8, 4) is 5.75 Å². The molecular formula is C20H21ClN4O4. The molecule has 3 amide bonds. The summed E-state index contributed by atoms with van der Waals surface area (Å²) in [6.45, 7) is 0.769. The highest BCUT2D eigenvalue weighted by Crippen LogP contribution is 2.35. The molecule has 2 heterocycles. The van der Waals surface area contributed by atoms with Crippen molar-refractivity contribution in [2.24, 2.45) is 5.92 Å². The van der Waals surface area contributed by atoms with Crippen LogP contribution >= 0.6 is 11.6 Å². The lowest BCUT2D eigenvalue weighted by Gasteiger charge is -2.20. The highest BCUT2D eigenvalue weighted by Gasteiger charge is 2.36. The molecule has 8 nitrogen and oxygen atoms in total. The Morgan fingerprint density at radius 3 is 2.79 bits per heavy atom. The number of anilines is 1. The SMILES string of the molecule is COc1ccc(Cl)cc1N1CC(C(=O)NCCNC(=O)c2cccnc2)CC1=O. The summed E-state index contributed by atoms with van der Waals surface area (Å²) in [6, 6.07) is 8.34. The third-order valence-electron chi connectivity index (χ3n) is 4.56. The van der Waals surface area contributed by atoms with Gasteiger partial charge in [0.1, 0.15) is 5.75 Å². The van der Waals surface area contributed by atoms with Crippen molar-refractivity contribution in [1.82, 2.24) is 15.6 Å². The highest BCUT2D eigenvalue weighted by molar-refractivity contribution is 6.31. The fourth-order valence-corrected chi connectivity index (χ4v) is 3.26. The Labute approximate surface area is 173 Å². The van der Waals surface area contributed by atoms with Crippen molar-refractivity contribution < 1.29 is 19.1 Å². The van der Waals surface area contributed by atoms with E-state index in [1.54, 1.807) is 36.5 Å². The summed E-state index contributed by atoms with van der Waals surface area (Å²) >= 11 is 6.04. The van der Waals surface area contributed by atoms with Crippen LogP contribution in [0.25, 0.3) is 0 Å². The van der Waals surface area contributed by atoms with Gasteiger partial charge >= 0.3 is 0 Å². The van der Waals surface area contributed by atoms with Crippen LogP contribution in [0, 0.1) is 5.92 Å². The highest BCUT2D eigenvalue weighted by atomic mass is 35.5. The van der Waals surface area contributed by atoms with Gasteiger partial charge in [0.25, 0.3) is 5.91 Å². The minimum atomic E-state index is -0.486. The lowest BCUT2D eigenvalue weighted by Crippen LogP contribution is -2.38. The number of nitrogens with one attached hydrogen (secondary N) is 2. The third kappa shape index (κ3) is 5.03. The van der Waals surface area contributed by atoms with Crippen LogP contribution in [-0.4, -0.2) is 49.4 Å². The summed E-state index contributed by atoms with van der Waals surface area (Å²) in [6.07, 6.45) is 3.16. The van der Waals surface area contributed by atoms with E-state index in [0.717, 1.165) is 0 Å². The number of nitrogens with zero attached hydrogens (tertiary/aromatic N) is 2. The lowest BCUT2D eigenvalue weighted by molar-refractivity contribution is -0.126. The van der Waals surface area contributed by atoms with E-state index in [2.05, 4.69) is 15.6 Å². The Bertz CT molecular complexity index is 907. The summed E-state index contributed by atoms with van der Waals surface area (Å²) in [4.78, 5) is 42.2. The Morgan fingerprint density at radius 1 is 1.28 bits per heavy atom. The van der Waals surface area contributed by atoms with Gasteiger partial charge in [0.05, 0.1) is 24.3 Å². The number of rotatable bonds is 7. The molecule has 1 aliphatic rings. The minimum Gasteiger partial charge on any atom is -0.495 e. The van der Waals surface area contributed by atoms with Crippen molar-refractivity contribution in [1.29, 1.82) is 0 Å². The van der Waals surface area contributed by atoms with E-state index in [9.17, 15) is 14.4 Å². The van der Waals surface area contributed by atoms with Crippen LogP contribution < -0.4 is 20.3 Å². The lowest BCUT2D eigenvalue weighted by atomic mass is 10.1. The minimum absolute atomic E-state index is 0.101. The van der Waals surface area contributed by atoms with Gasteiger partial charge in [-0.05, 0) is 30.3 Å². The third-order valence-corrected chi connectivity index (χ3v) is 4.80. The average molecular weight is 417 g/mol. The summed E-state index contributed by atoms with van der Waals surface area (Å²) < 4.78 is 5.30. The number of hydrogen-bond donors (Lipinski definition) is 2. The maximum absolute atomic E-state index is 12.4. The second-order valence-corrected chi connectivity index (χ2v) is 6.95. The van der Waals surface area contributed by atoms with Crippen LogP contribution in [0.4, 0.5) is 5.69 Å². The van der Waals surface area contributed by atoms with Crippen molar-refractivity contribution in [2.45, 2.75) is 6.42 Å². The van der Waals surface area contributed by atoms with Gasteiger partial charge in [0, 0.05) is 43.5 Å². The van der Waals surface area contributed by atoms with Crippen LogP contribution in [0.2, 0.25) is 5.02 Å². The van der Waals surface area contributed by atoms with Gasteiger partial charge in [-0.1, -0.05) is 11.6 Å². The summed E-state index contributed by atoms with van der Waals surface area (Å²) in [5, 5.41) is 5.94. The zero-order valence-corrected chi connectivity index (χ0v) is 16.6. The largest absolute Gasteiger partial charge is 0.495 e. The number of amides is 3. The van der Waals surface area contributed by atoms with Gasteiger partial charge in [0.15, 0.2) is 0 Å². The summed E-state index contributed by atoms with van der Waals surface area (Å²) in [5.74, 6) is -0.641. The normalized spacial score (nSPS) is 15.9. The molecule has 9 heteroatoms. The van der Waals surface area contributed by atoms with E-state index in [0.29, 0.717) is 22.0 Å². The molecule has 0 aliphatic carbocycles. The van der Waals surface area contributed by atoms with Crippen LogP contribution in [0.15, 0.2) is 42.7 Å². The topological polar surface area (TPSA) is 101 Å². The fourth-order valence-electron chi connectivity index (χ4n) is 3.10. The molecule has 0 bridgehead atoms. The van der Waals surface area contributed by atoms with Gasteiger partial charge in [-0.15, -0.1) is 0 Å². The maximum atomic E-state index is 12.4. The summed E-state index contributed by atoms with van der Waals surface area (Å²) in [5.41, 5.74) is 0.996. The van der Waals surface area contributed by atoms with E-state index < -0.39 is 5.92 Å². The molecule has 3 rings (SSSR count). The number of halogens is 1. The Hall–Kier alpha value is -3.13. The first-order valence-electron chi connectivity index (χ1n) is 9.09. The molecule has 1 aliphatic heterocycles. The van der Waals surface area contributed by atoms with E-state index >= 15 is 0 Å². The first-order chi connectivity index (χ1) is 14.0. The number of pyridine rings is 1. The van der Waals surface area contributed by atoms with E-state index in [1.807, 2.05) is 0 Å². The second-order valence-electron chi connectivity index (χ2n) is 6.51. The number of aromatic nitrogens is 1. The Kier molecular flexibility index (Phi) is 6.66. The second kappa shape index (κ2) is 9.38. The first kappa shape index (κ1) is 20.6. The van der Waals surface area contributed by atoms with E-state index in [1.165, 1.54) is 18.2 Å². The molecule has 0 radical (unpaired) electrons. The smallest absolute Gasteiger partial charge is 0.252 e. The number of carbonyl (C=O) groups excluding carboxylic acids is 3. The van der Waals surface area contributed by atoms with Gasteiger partial charge in [0.2, 0.25) is 11.8 Å². The predicted octanol–water partition coefficient (Wildman–Crippen LogP) is 1.64. The molecule has 0 saturated carbocycles. The molecule has 1 saturated heterocycles. The zero-order valence-electron chi connectivity index (χ0n) is 15.9. The van der Waals surface area contributed by atoms with Gasteiger partial charge in [-0.2, -0.15) is 0 Å². The maximum Gasteiger partial charge on any atom is 0.252 e. The molecule has 1 aromatic carbocycles. The van der Waals surface area contributed by atoms with Crippen LogP contribution in [0.3, 0.4) is 0 Å². The quantitative estimate of drug-likeness (QED) is 0.668.